The highest BCUT2D eigenvalue weighted by molar-refractivity contribution is 5.77. The second-order valence-corrected chi connectivity index (χ2v) is 8.38. The molecule has 2 aromatic heterocycles. The van der Waals surface area contributed by atoms with Crippen LogP contribution in [0.3, 0.4) is 0 Å². The lowest BCUT2D eigenvalue weighted by Gasteiger charge is -2.18. The number of imidazole rings is 1. The molecule has 0 spiro atoms. The van der Waals surface area contributed by atoms with Gasteiger partial charge in [-0.1, -0.05) is 48.5 Å². The molecule has 1 unspecified atom stereocenters. The first-order chi connectivity index (χ1) is 17.4. The maximum absolute atomic E-state index is 13.5. The van der Waals surface area contributed by atoms with E-state index in [1.165, 1.54) is 10.9 Å². The van der Waals surface area contributed by atoms with Crippen LogP contribution in [0.25, 0.3) is 11.2 Å². The molecule has 1 N–H and O–H groups in total. The summed E-state index contributed by atoms with van der Waals surface area (Å²) >= 11 is 0. The molecular weight excluding hydrogens is 462 g/mol. The molecule has 0 fully saturated rings. The quantitative estimate of drug-likeness (QED) is 0.363. The molecule has 0 saturated heterocycles. The minimum atomic E-state index is -0.603. The van der Waals surface area contributed by atoms with Crippen molar-refractivity contribution < 1.29 is 14.3 Å². The largest absolute Gasteiger partial charge is 0.496 e. The van der Waals surface area contributed by atoms with E-state index in [1.807, 2.05) is 55.5 Å². The van der Waals surface area contributed by atoms with Gasteiger partial charge in [0, 0.05) is 19.2 Å². The molecule has 2 aromatic carbocycles. The van der Waals surface area contributed by atoms with Gasteiger partial charge in [0.1, 0.15) is 12.3 Å². The maximum atomic E-state index is 13.5. The fourth-order valence-electron chi connectivity index (χ4n) is 4.18. The molecule has 4 rings (SSSR count). The Hall–Kier alpha value is -4.18. The van der Waals surface area contributed by atoms with Crippen LogP contribution in [0, 0.1) is 0 Å². The Labute approximate surface area is 207 Å². The Bertz CT molecular complexity index is 1470. The van der Waals surface area contributed by atoms with Crippen LogP contribution < -0.4 is 21.3 Å². The highest BCUT2D eigenvalue weighted by Gasteiger charge is 2.21. The van der Waals surface area contributed by atoms with E-state index in [-0.39, 0.29) is 17.7 Å². The molecular formula is C26H29N5O5. The van der Waals surface area contributed by atoms with E-state index in [9.17, 15) is 14.4 Å². The number of fused-ring (bicyclic) bond motifs is 1. The van der Waals surface area contributed by atoms with Gasteiger partial charge in [0.25, 0.3) is 5.56 Å². The summed E-state index contributed by atoms with van der Waals surface area (Å²) in [7, 11) is 3.13. The first kappa shape index (κ1) is 24.9. The SMILES string of the molecule is COCCn1cnc2c1c(=O)n(CC(=O)NC(C)c1ccccc1OC)c(=O)n2Cc1ccccc1. The summed E-state index contributed by atoms with van der Waals surface area (Å²) in [4.78, 5) is 44.3. The van der Waals surface area contributed by atoms with Crippen molar-refractivity contribution in [2.45, 2.75) is 32.6 Å². The maximum Gasteiger partial charge on any atom is 0.333 e. The van der Waals surface area contributed by atoms with E-state index in [0.29, 0.717) is 18.9 Å². The number of benzene rings is 2. The summed E-state index contributed by atoms with van der Waals surface area (Å²) in [5.41, 5.74) is 0.987. The molecule has 1 amide bonds. The number of para-hydroxylation sites is 1. The lowest BCUT2D eigenvalue weighted by molar-refractivity contribution is -0.122. The van der Waals surface area contributed by atoms with Crippen LogP contribution in [0.2, 0.25) is 0 Å². The molecule has 36 heavy (non-hydrogen) atoms. The predicted octanol–water partition coefficient (Wildman–Crippen LogP) is 1.94. The molecule has 0 saturated carbocycles. The van der Waals surface area contributed by atoms with E-state index in [2.05, 4.69) is 10.3 Å². The van der Waals surface area contributed by atoms with Crippen molar-refractivity contribution in [1.29, 1.82) is 0 Å². The number of amides is 1. The van der Waals surface area contributed by atoms with Crippen LogP contribution in [0.4, 0.5) is 0 Å². The minimum Gasteiger partial charge on any atom is -0.496 e. The zero-order valence-corrected chi connectivity index (χ0v) is 20.5. The molecule has 1 atom stereocenters. The lowest BCUT2D eigenvalue weighted by atomic mass is 10.1. The van der Waals surface area contributed by atoms with Gasteiger partial charge in [0.15, 0.2) is 11.2 Å². The van der Waals surface area contributed by atoms with E-state index < -0.39 is 29.7 Å². The molecule has 0 aliphatic heterocycles. The molecule has 4 aromatic rings. The van der Waals surface area contributed by atoms with Crippen LogP contribution in [0.5, 0.6) is 5.75 Å². The Morgan fingerprint density at radius 3 is 2.47 bits per heavy atom. The van der Waals surface area contributed by atoms with Crippen molar-refractivity contribution in [3.63, 3.8) is 0 Å². The van der Waals surface area contributed by atoms with Crippen LogP contribution >= 0.6 is 0 Å². The molecule has 10 heteroatoms. The smallest absolute Gasteiger partial charge is 0.333 e. The van der Waals surface area contributed by atoms with E-state index in [0.717, 1.165) is 15.7 Å². The summed E-state index contributed by atoms with van der Waals surface area (Å²) in [5, 5.41) is 2.86. The first-order valence-corrected chi connectivity index (χ1v) is 11.6. The third kappa shape index (κ3) is 5.08. The van der Waals surface area contributed by atoms with Crippen molar-refractivity contribution >= 4 is 17.1 Å². The van der Waals surface area contributed by atoms with Gasteiger partial charge in [-0.25, -0.2) is 14.3 Å². The van der Waals surface area contributed by atoms with Crippen molar-refractivity contribution in [1.82, 2.24) is 24.0 Å². The zero-order chi connectivity index (χ0) is 25.7. The van der Waals surface area contributed by atoms with Crippen LogP contribution in [-0.2, 0) is 29.2 Å². The summed E-state index contributed by atoms with van der Waals surface area (Å²) in [6, 6.07) is 16.4. The number of aromatic nitrogens is 4. The Balaban J connectivity index is 1.72. The van der Waals surface area contributed by atoms with Gasteiger partial charge >= 0.3 is 5.69 Å². The normalized spacial score (nSPS) is 12.0. The van der Waals surface area contributed by atoms with Crippen molar-refractivity contribution in [2.24, 2.45) is 0 Å². The van der Waals surface area contributed by atoms with Gasteiger partial charge in [-0.05, 0) is 18.6 Å². The van der Waals surface area contributed by atoms with Gasteiger partial charge in [0.05, 0.1) is 32.6 Å². The standard InChI is InChI=1S/C26H29N5O5/c1-18(20-11-7-8-12-21(20)36-3)28-22(32)16-31-25(33)23-24(27-17-29(23)13-14-35-2)30(26(31)34)15-19-9-5-4-6-10-19/h4-12,17-18H,13-16H2,1-3H3,(H,28,32). The summed E-state index contributed by atoms with van der Waals surface area (Å²) in [5.74, 6) is 0.164. The van der Waals surface area contributed by atoms with Gasteiger partial charge < -0.3 is 19.4 Å². The number of hydrogen-bond acceptors (Lipinski definition) is 6. The van der Waals surface area contributed by atoms with Crippen molar-refractivity contribution in [3.8, 4) is 5.75 Å². The average molecular weight is 492 g/mol. The number of ether oxygens (including phenoxy) is 2. The van der Waals surface area contributed by atoms with Crippen LogP contribution in [-0.4, -0.2) is 45.4 Å². The highest BCUT2D eigenvalue weighted by Crippen LogP contribution is 2.24. The predicted molar refractivity (Wildman–Crippen MR) is 135 cm³/mol. The van der Waals surface area contributed by atoms with Crippen LogP contribution in [0.15, 0.2) is 70.5 Å². The third-order valence-corrected chi connectivity index (χ3v) is 5.99. The Kier molecular flexibility index (Phi) is 7.65. The van der Waals surface area contributed by atoms with Crippen LogP contribution in [0.1, 0.15) is 24.1 Å². The van der Waals surface area contributed by atoms with E-state index in [4.69, 9.17) is 9.47 Å². The molecule has 188 valence electrons. The summed E-state index contributed by atoms with van der Waals surface area (Å²) in [6.07, 6.45) is 1.51. The minimum absolute atomic E-state index is 0.205. The number of carbonyl (C=O) groups is 1. The van der Waals surface area contributed by atoms with E-state index >= 15 is 0 Å². The average Bonchev–Trinajstić information content (AvgIpc) is 3.32. The second-order valence-electron chi connectivity index (χ2n) is 8.38. The van der Waals surface area contributed by atoms with Gasteiger partial charge in [-0.3, -0.25) is 14.2 Å². The third-order valence-electron chi connectivity index (χ3n) is 5.99. The fraction of sp³-hybridized carbons (Fsp3) is 0.308. The first-order valence-electron chi connectivity index (χ1n) is 11.6. The fourth-order valence-corrected chi connectivity index (χ4v) is 4.18. The summed E-state index contributed by atoms with van der Waals surface area (Å²) < 4.78 is 14.6. The monoisotopic (exact) mass is 491 g/mol. The number of nitrogens with zero attached hydrogens (tertiary/aromatic N) is 4. The number of rotatable bonds is 10. The highest BCUT2D eigenvalue weighted by atomic mass is 16.5. The topological polar surface area (TPSA) is 109 Å². The Morgan fingerprint density at radius 2 is 1.75 bits per heavy atom. The van der Waals surface area contributed by atoms with Crippen molar-refractivity contribution in [3.05, 3.63) is 92.9 Å². The lowest BCUT2D eigenvalue weighted by Crippen LogP contribution is -2.44. The van der Waals surface area contributed by atoms with Crippen molar-refractivity contribution in [2.75, 3.05) is 20.8 Å². The summed E-state index contributed by atoms with van der Waals surface area (Å²) in [6.45, 7) is 2.33. The van der Waals surface area contributed by atoms with Gasteiger partial charge in [0.2, 0.25) is 5.91 Å². The molecule has 2 heterocycles. The van der Waals surface area contributed by atoms with E-state index in [1.54, 1.807) is 24.9 Å². The Morgan fingerprint density at radius 1 is 1.03 bits per heavy atom. The molecule has 0 bridgehead atoms. The van der Waals surface area contributed by atoms with Gasteiger partial charge in [-0.2, -0.15) is 0 Å². The number of methoxy groups -OCH3 is 2. The number of hydrogen-bond donors (Lipinski definition) is 1. The molecule has 0 aliphatic rings. The van der Waals surface area contributed by atoms with Gasteiger partial charge in [-0.15, -0.1) is 0 Å². The number of nitrogens with one attached hydrogen (secondary N) is 1. The molecule has 10 nitrogen and oxygen atoms in total. The second kappa shape index (κ2) is 11.0. The molecule has 0 radical (unpaired) electrons. The number of carbonyl (C=O) groups excluding carboxylic acids is 1. The zero-order valence-electron chi connectivity index (χ0n) is 20.5. The molecule has 0 aliphatic carbocycles.